The van der Waals surface area contributed by atoms with Gasteiger partial charge < -0.3 is 9.73 Å². The summed E-state index contributed by atoms with van der Waals surface area (Å²) in [5.41, 5.74) is 2.99. The highest BCUT2D eigenvalue weighted by Crippen LogP contribution is 2.23. The molecule has 1 aromatic heterocycles. The maximum atomic E-state index is 12.7. The molecule has 1 N–H and O–H groups in total. The van der Waals surface area contributed by atoms with Gasteiger partial charge in [-0.1, -0.05) is 50.2 Å². The molecule has 1 atom stereocenters. The molecule has 0 fully saturated rings. The van der Waals surface area contributed by atoms with Crippen molar-refractivity contribution in [1.29, 1.82) is 0 Å². The fraction of sp³-hybridized carbons (Fsp3) is 0.333. The molecule has 1 amide bonds. The molecule has 0 saturated heterocycles. The summed E-state index contributed by atoms with van der Waals surface area (Å²) in [6.45, 7) is 6.72. The van der Waals surface area contributed by atoms with Gasteiger partial charge in [0.2, 0.25) is 0 Å². The maximum Gasteiger partial charge on any atom is 0.287 e. The first-order valence-electron chi connectivity index (χ1n) is 10.1. The van der Waals surface area contributed by atoms with Crippen LogP contribution in [0.3, 0.4) is 0 Å². The first-order chi connectivity index (χ1) is 14.0. The number of hydrogen-bond donors (Lipinski definition) is 1. The highest BCUT2D eigenvalue weighted by atomic mass is 16.3. The van der Waals surface area contributed by atoms with Gasteiger partial charge in [0.05, 0.1) is 5.39 Å². The minimum atomic E-state index is -0.351. The molecule has 3 aromatic rings. The Kier molecular flexibility index (Phi) is 5.49. The topological polar surface area (TPSA) is 62.6 Å². The van der Waals surface area contributed by atoms with Gasteiger partial charge >= 0.3 is 0 Å². The zero-order valence-corrected chi connectivity index (χ0v) is 16.9. The van der Waals surface area contributed by atoms with Gasteiger partial charge in [0.1, 0.15) is 5.58 Å². The van der Waals surface area contributed by atoms with E-state index in [-0.39, 0.29) is 23.1 Å². The quantitative estimate of drug-likeness (QED) is 0.723. The first kappa shape index (κ1) is 19.4. The van der Waals surface area contributed by atoms with Crippen LogP contribution in [0.5, 0.6) is 0 Å². The van der Waals surface area contributed by atoms with Crippen molar-refractivity contribution in [2.24, 2.45) is 5.92 Å². The van der Waals surface area contributed by atoms with E-state index in [1.807, 2.05) is 0 Å². The lowest BCUT2D eigenvalue weighted by Crippen LogP contribution is -2.48. The average molecular weight is 390 g/mol. The molecule has 0 spiro atoms. The van der Waals surface area contributed by atoms with Crippen molar-refractivity contribution in [2.75, 3.05) is 13.1 Å². The fourth-order valence-electron chi connectivity index (χ4n) is 4.09. The Labute approximate surface area is 170 Å². The molecule has 4 rings (SSSR count). The molecule has 2 aromatic carbocycles. The first-order valence-corrected chi connectivity index (χ1v) is 10.1. The lowest BCUT2D eigenvalue weighted by molar-refractivity contribution is 0.0878. The Morgan fingerprint density at radius 1 is 1.10 bits per heavy atom. The summed E-state index contributed by atoms with van der Waals surface area (Å²) < 4.78 is 5.66. The smallest absolute Gasteiger partial charge is 0.287 e. The van der Waals surface area contributed by atoms with Crippen molar-refractivity contribution in [3.8, 4) is 0 Å². The summed E-state index contributed by atoms with van der Waals surface area (Å²) in [6, 6.07) is 17.0. The van der Waals surface area contributed by atoms with Gasteiger partial charge in [-0.05, 0) is 35.6 Å². The number of rotatable bonds is 5. The number of carbonyl (C=O) groups excluding carboxylic acids is 1. The number of benzene rings is 2. The fourth-order valence-corrected chi connectivity index (χ4v) is 4.09. The van der Waals surface area contributed by atoms with Crippen LogP contribution in [0.4, 0.5) is 0 Å². The third kappa shape index (κ3) is 4.10. The molecule has 0 unspecified atom stereocenters. The summed E-state index contributed by atoms with van der Waals surface area (Å²) in [5, 5.41) is 3.46. The van der Waals surface area contributed by atoms with Gasteiger partial charge in [0, 0.05) is 31.7 Å². The van der Waals surface area contributed by atoms with E-state index in [1.54, 1.807) is 24.3 Å². The minimum Gasteiger partial charge on any atom is -0.451 e. The Balaban J connectivity index is 1.48. The summed E-state index contributed by atoms with van der Waals surface area (Å²) in [6.07, 6.45) is 1.02. The molecule has 29 heavy (non-hydrogen) atoms. The Morgan fingerprint density at radius 2 is 1.83 bits per heavy atom. The Morgan fingerprint density at radius 3 is 2.62 bits per heavy atom. The van der Waals surface area contributed by atoms with Crippen LogP contribution in [0.1, 0.15) is 35.5 Å². The van der Waals surface area contributed by atoms with Crippen LogP contribution in [0, 0.1) is 5.92 Å². The molecule has 0 aliphatic carbocycles. The molecular weight excluding hydrogens is 364 g/mol. The Hall–Kier alpha value is -2.92. The molecule has 0 bridgehead atoms. The molecule has 1 aliphatic rings. The average Bonchev–Trinajstić information content (AvgIpc) is 2.73. The largest absolute Gasteiger partial charge is 0.451 e. The number of carbonyl (C=O) groups is 1. The van der Waals surface area contributed by atoms with Gasteiger partial charge in [0.15, 0.2) is 11.2 Å². The van der Waals surface area contributed by atoms with E-state index in [9.17, 15) is 9.59 Å². The number of para-hydroxylation sites is 1. The summed E-state index contributed by atoms with van der Waals surface area (Å²) in [5.74, 6) is 0.0836. The van der Waals surface area contributed by atoms with E-state index >= 15 is 0 Å². The molecule has 0 saturated carbocycles. The predicted octanol–water partition coefficient (Wildman–Crippen LogP) is 3.61. The van der Waals surface area contributed by atoms with Crippen molar-refractivity contribution >= 4 is 16.9 Å². The van der Waals surface area contributed by atoms with Gasteiger partial charge in [-0.15, -0.1) is 0 Å². The number of nitrogens with one attached hydrogen (secondary N) is 1. The van der Waals surface area contributed by atoms with Crippen LogP contribution in [0.25, 0.3) is 11.0 Å². The van der Waals surface area contributed by atoms with E-state index in [4.69, 9.17) is 4.42 Å². The van der Waals surface area contributed by atoms with Gasteiger partial charge in [-0.2, -0.15) is 0 Å². The second-order valence-corrected chi connectivity index (χ2v) is 7.98. The SMILES string of the molecule is CC(C)[C@@H](CNC(=O)c1cc(=O)c2ccccc2o1)N1CCc2ccccc2C1. The van der Waals surface area contributed by atoms with E-state index in [2.05, 4.69) is 48.3 Å². The summed E-state index contributed by atoms with van der Waals surface area (Å²) >= 11 is 0. The van der Waals surface area contributed by atoms with Crippen LogP contribution in [0.2, 0.25) is 0 Å². The van der Waals surface area contributed by atoms with Crippen LogP contribution in [-0.4, -0.2) is 29.9 Å². The molecule has 150 valence electrons. The highest BCUT2D eigenvalue weighted by molar-refractivity contribution is 5.93. The van der Waals surface area contributed by atoms with E-state index in [1.165, 1.54) is 17.2 Å². The van der Waals surface area contributed by atoms with E-state index in [0.717, 1.165) is 19.5 Å². The van der Waals surface area contributed by atoms with Crippen molar-refractivity contribution < 1.29 is 9.21 Å². The van der Waals surface area contributed by atoms with Crippen LogP contribution < -0.4 is 10.7 Å². The molecule has 1 aliphatic heterocycles. The number of amides is 1. The lowest BCUT2D eigenvalue weighted by atomic mass is 9.95. The molecule has 5 heteroatoms. The monoisotopic (exact) mass is 390 g/mol. The zero-order chi connectivity index (χ0) is 20.4. The highest BCUT2D eigenvalue weighted by Gasteiger charge is 2.26. The second kappa shape index (κ2) is 8.21. The van der Waals surface area contributed by atoms with Gasteiger partial charge in [-0.25, -0.2) is 0 Å². The standard InChI is InChI=1S/C24H26N2O3/c1-16(2)20(26-12-11-17-7-3-4-8-18(17)15-26)14-25-24(28)23-13-21(27)19-9-5-6-10-22(19)29-23/h3-10,13,16,20H,11-12,14-15H2,1-2H3,(H,25,28)/t20-/m1/s1. The lowest BCUT2D eigenvalue weighted by Gasteiger charge is -2.38. The van der Waals surface area contributed by atoms with E-state index in [0.29, 0.717) is 23.4 Å². The molecule has 2 heterocycles. The summed E-state index contributed by atoms with van der Waals surface area (Å²) in [4.78, 5) is 27.4. The molecular formula is C24H26N2O3. The van der Waals surface area contributed by atoms with Crippen molar-refractivity contribution in [3.05, 3.63) is 81.7 Å². The number of fused-ring (bicyclic) bond motifs is 2. The maximum absolute atomic E-state index is 12.7. The van der Waals surface area contributed by atoms with E-state index < -0.39 is 0 Å². The third-order valence-electron chi connectivity index (χ3n) is 5.73. The third-order valence-corrected chi connectivity index (χ3v) is 5.73. The molecule has 0 radical (unpaired) electrons. The van der Waals surface area contributed by atoms with Crippen LogP contribution >= 0.6 is 0 Å². The van der Waals surface area contributed by atoms with Crippen molar-refractivity contribution in [1.82, 2.24) is 10.2 Å². The number of nitrogens with zero attached hydrogens (tertiary/aromatic N) is 1. The summed E-state index contributed by atoms with van der Waals surface area (Å²) in [7, 11) is 0. The van der Waals surface area contributed by atoms with Crippen molar-refractivity contribution in [3.63, 3.8) is 0 Å². The van der Waals surface area contributed by atoms with Gasteiger partial charge in [0.25, 0.3) is 5.91 Å². The van der Waals surface area contributed by atoms with Crippen LogP contribution in [-0.2, 0) is 13.0 Å². The van der Waals surface area contributed by atoms with Crippen LogP contribution in [0.15, 0.2) is 63.8 Å². The number of hydrogen-bond acceptors (Lipinski definition) is 4. The Bertz CT molecular complexity index is 1090. The predicted molar refractivity (Wildman–Crippen MR) is 114 cm³/mol. The zero-order valence-electron chi connectivity index (χ0n) is 16.9. The minimum absolute atomic E-state index is 0.0557. The molecule has 5 nitrogen and oxygen atoms in total. The normalized spacial score (nSPS) is 15.3. The van der Waals surface area contributed by atoms with Crippen molar-refractivity contribution in [2.45, 2.75) is 32.9 Å². The second-order valence-electron chi connectivity index (χ2n) is 7.98. The van der Waals surface area contributed by atoms with Gasteiger partial charge in [-0.3, -0.25) is 14.5 Å².